The number of rotatable bonds is 0. The Morgan fingerprint density at radius 3 is 0.873 bits per heavy atom. The standard InChI is InChI=1S/C20H28N10.3C2H3N.2ClHO4.2Co.4H2O/c1-13-17-25-18(28-27-17)14(2)22-11-7-8-12-24-16(4)20-26-19(29-30-20)15(3)23-10-6-5-9-21-13;3*1-2-3;2*2-1(3,4)5;;;;;;/h5-12H2,1-4H3;3*1H3;2*(H,2,3,4,5);;;4*1H2/q-2;;;;;;2*+2;;;;/p+1. The third kappa shape index (κ3) is 50.5. The normalized spacial score (nSPS) is 12.3. The molecule has 1 aliphatic heterocycles. The molecule has 0 atom stereocenters. The smallest absolute Gasteiger partial charge is 0.457 e. The van der Waals surface area contributed by atoms with Crippen molar-refractivity contribution in [3.05, 3.63) is 23.3 Å². The molecule has 0 aliphatic carbocycles. The van der Waals surface area contributed by atoms with E-state index in [9.17, 15) is 0 Å². The number of nitrogens with zero attached hydrogens (tertiary/aromatic N) is 13. The first-order chi connectivity index (χ1) is 22.8. The van der Waals surface area contributed by atoms with Crippen LogP contribution in [0.5, 0.6) is 0 Å². The molecule has 25 nitrogen and oxygen atoms in total. The number of hydrogen-bond donors (Lipinski definition) is 0. The van der Waals surface area contributed by atoms with Crippen LogP contribution in [0, 0.1) is 54.5 Å². The number of halogens is 2. The van der Waals surface area contributed by atoms with Gasteiger partial charge in [0.1, 0.15) is 0 Å². The van der Waals surface area contributed by atoms with Crippen molar-refractivity contribution in [2.24, 2.45) is 20.0 Å². The number of aromatic nitrogens is 6. The molecule has 2 radical (unpaired) electrons. The molecule has 0 aromatic carbocycles. The molecule has 11 N–H and O–H groups in total. The first-order valence-corrected chi connectivity index (χ1v) is 16.2. The Kier molecular flexibility index (Phi) is 57.2. The number of hydrogen-bond acceptors (Lipinski definition) is 19. The molecule has 0 unspecified atom stereocenters. The van der Waals surface area contributed by atoms with E-state index in [1.807, 2.05) is 27.7 Å². The second-order valence-corrected chi connectivity index (χ2v) is 10.1. The van der Waals surface area contributed by atoms with E-state index in [-0.39, 0.29) is 55.5 Å². The van der Waals surface area contributed by atoms with E-state index < -0.39 is 20.5 Å². The molecule has 0 spiro atoms. The summed E-state index contributed by atoms with van der Waals surface area (Å²) >= 11 is 0. The molecule has 1 aliphatic rings. The molecule has 29 heteroatoms. The van der Waals surface area contributed by atoms with Gasteiger partial charge in [0, 0.05) is 58.4 Å². The zero-order valence-electron chi connectivity index (χ0n) is 30.9. The SMILES string of the molecule is CC#N.CC#N.CC#N.CC1=NCCCCN=C(C)c2nc(n[n-]2)C(C)=NCCCCN=C(C)c2nc1n[n-]2.O.[Co+2].[Co+2].[O-][Cl+3]([O-])([O-])[O-].[O-][Cl+3]([O-])([O-])[O-].[OH3+].[OH3+].[OH3+]. The topological polar surface area (TPSA) is 516 Å². The van der Waals surface area contributed by atoms with Gasteiger partial charge in [-0.2, -0.15) is 15.8 Å². The minimum atomic E-state index is -4.94. The van der Waals surface area contributed by atoms with E-state index >= 15 is 0 Å². The van der Waals surface area contributed by atoms with Gasteiger partial charge in [0.05, 0.1) is 41.3 Å². The van der Waals surface area contributed by atoms with Gasteiger partial charge >= 0.3 is 33.6 Å². The first-order valence-electron chi connectivity index (χ1n) is 13.8. The van der Waals surface area contributed by atoms with Crippen LogP contribution in [-0.2, 0) is 50.0 Å². The van der Waals surface area contributed by atoms with Gasteiger partial charge < -0.3 is 42.1 Å². The maximum atomic E-state index is 8.49. The molecule has 0 saturated heterocycles. The van der Waals surface area contributed by atoms with Crippen molar-refractivity contribution >= 4 is 22.8 Å². The van der Waals surface area contributed by atoms with Crippen molar-refractivity contribution in [1.82, 2.24) is 30.4 Å². The van der Waals surface area contributed by atoms with Gasteiger partial charge in [-0.3, -0.25) is 30.2 Å². The van der Waals surface area contributed by atoms with Crippen LogP contribution in [0.3, 0.4) is 0 Å². The van der Waals surface area contributed by atoms with Crippen molar-refractivity contribution in [2.45, 2.75) is 74.1 Å². The van der Waals surface area contributed by atoms with Crippen LogP contribution in [-0.4, -0.2) is 74.7 Å². The van der Waals surface area contributed by atoms with Gasteiger partial charge in [-0.1, -0.05) is 0 Å². The number of fused-ring (bicyclic) bond motifs is 4. The number of nitriles is 3. The van der Waals surface area contributed by atoms with E-state index in [0.717, 1.165) is 48.5 Å². The summed E-state index contributed by atoms with van der Waals surface area (Å²) in [7, 11) is -9.89. The fourth-order valence-corrected chi connectivity index (χ4v) is 2.81. The minimum Gasteiger partial charge on any atom is -0.457 e. The molecule has 0 saturated carbocycles. The van der Waals surface area contributed by atoms with Crippen molar-refractivity contribution < 1.29 is 113 Å². The minimum absolute atomic E-state index is 0. The molecule has 4 bridgehead atoms. The zero-order chi connectivity index (χ0) is 38.5. The second-order valence-electron chi connectivity index (χ2n) is 8.63. The van der Waals surface area contributed by atoms with E-state index in [0.29, 0.717) is 49.5 Å². The van der Waals surface area contributed by atoms with Crippen LogP contribution < -0.4 is 47.5 Å². The molecule has 3 heterocycles. The Morgan fingerprint density at radius 2 is 0.673 bits per heavy atom. The third-order valence-electron chi connectivity index (χ3n) is 4.73. The fraction of sp³-hybridized carbons (Fsp3) is 0.577. The van der Waals surface area contributed by atoms with Crippen LogP contribution in [0.25, 0.3) is 0 Å². The van der Waals surface area contributed by atoms with Crippen molar-refractivity contribution in [3.63, 3.8) is 0 Å². The van der Waals surface area contributed by atoms with Gasteiger partial charge in [-0.15, -0.1) is 20.5 Å². The average molecular weight is 924 g/mol. The molecule has 2 aromatic rings. The molecule has 318 valence electrons. The molecular weight excluding hydrogens is 875 g/mol. The van der Waals surface area contributed by atoms with Gasteiger partial charge in [-0.05, 0) is 65.0 Å². The first kappa shape index (κ1) is 72.8. The second kappa shape index (κ2) is 43.3. The largest absolute Gasteiger partial charge is 2.00 e. The van der Waals surface area contributed by atoms with Crippen LogP contribution in [0.2, 0.25) is 0 Å². The number of aliphatic imine (C=N–C) groups is 4. The van der Waals surface area contributed by atoms with Crippen molar-refractivity contribution in [2.75, 3.05) is 26.2 Å². The average Bonchev–Trinajstić information content (AvgIpc) is 3.67. The predicted octanol–water partition coefficient (Wildman–Crippen LogP) is -9.83. The summed E-state index contributed by atoms with van der Waals surface area (Å²) in [6, 6.07) is 5.25. The quantitative estimate of drug-likeness (QED) is 0.221. The summed E-state index contributed by atoms with van der Waals surface area (Å²) in [4.78, 5) is 27.2. The molecule has 55 heavy (non-hydrogen) atoms. The summed E-state index contributed by atoms with van der Waals surface area (Å²) in [6.45, 7) is 14.7. The maximum Gasteiger partial charge on any atom is 2.00 e. The third-order valence-corrected chi connectivity index (χ3v) is 4.73. The van der Waals surface area contributed by atoms with Gasteiger partial charge in [-0.25, -0.2) is 37.3 Å². The van der Waals surface area contributed by atoms with Gasteiger partial charge in [0.2, 0.25) is 0 Å². The summed E-state index contributed by atoms with van der Waals surface area (Å²) in [6.07, 6.45) is 3.69. The maximum absolute atomic E-state index is 8.49. The molecule has 3 rings (SSSR count). The monoisotopic (exact) mass is 922 g/mol. The molecule has 0 amide bonds. The molecule has 2 aromatic heterocycles. The van der Waals surface area contributed by atoms with Gasteiger partial charge in [0.15, 0.2) is 0 Å². The van der Waals surface area contributed by atoms with Crippen LogP contribution in [0.1, 0.15) is 97.4 Å². The summed E-state index contributed by atoms with van der Waals surface area (Å²) in [5.74, 6) is 2.27. The Balaban J connectivity index is -0.000000102. The Hall–Kier alpha value is -3.46. The fourth-order valence-electron chi connectivity index (χ4n) is 2.81. The summed E-state index contributed by atoms with van der Waals surface area (Å²) in [5.41, 5.74) is 3.17. The molecular formula is C26H48Cl2Co2N13O12+3. The van der Waals surface area contributed by atoms with E-state index in [1.54, 1.807) is 18.2 Å². The molecule has 0 fully saturated rings. The predicted molar refractivity (Wildman–Crippen MR) is 170 cm³/mol. The van der Waals surface area contributed by atoms with Crippen molar-refractivity contribution in [1.29, 1.82) is 15.8 Å². The Morgan fingerprint density at radius 1 is 0.491 bits per heavy atom. The van der Waals surface area contributed by atoms with Crippen molar-refractivity contribution in [3.8, 4) is 18.2 Å². The Bertz CT molecular complexity index is 1260. The van der Waals surface area contributed by atoms with E-state index in [4.69, 9.17) is 53.1 Å². The van der Waals surface area contributed by atoms with E-state index in [2.05, 4.69) is 50.3 Å². The zero-order valence-corrected chi connectivity index (χ0v) is 34.5. The summed E-state index contributed by atoms with van der Waals surface area (Å²) < 4.78 is 67.9. The summed E-state index contributed by atoms with van der Waals surface area (Å²) in [5, 5.41) is 38.5. The van der Waals surface area contributed by atoms with E-state index in [1.165, 1.54) is 20.8 Å². The van der Waals surface area contributed by atoms with Crippen LogP contribution in [0.4, 0.5) is 0 Å². The van der Waals surface area contributed by atoms with Crippen LogP contribution >= 0.6 is 0 Å². The Labute approximate surface area is 342 Å². The van der Waals surface area contributed by atoms with Crippen LogP contribution in [0.15, 0.2) is 20.0 Å². The van der Waals surface area contributed by atoms with Gasteiger partial charge in [0.25, 0.3) is 0 Å².